The number of nitrogens with zero attached hydrogens (tertiary/aromatic N) is 3. The molecule has 0 saturated carbocycles. The highest BCUT2D eigenvalue weighted by atomic mass is 35.5. The van der Waals surface area contributed by atoms with E-state index in [1.54, 1.807) is 35.2 Å². The maximum atomic E-state index is 13.5. The maximum absolute atomic E-state index is 13.5. The molecule has 0 bridgehead atoms. The molecule has 2 rings (SSSR count). The average Bonchev–Trinajstić information content (AvgIpc) is 2.75. The second-order valence-corrected chi connectivity index (χ2v) is 10.2. The molecular formula is C24H34ClN3O3S. The van der Waals surface area contributed by atoms with Gasteiger partial charge in [-0.3, -0.25) is 4.79 Å². The number of anilines is 1. The predicted molar refractivity (Wildman–Crippen MR) is 132 cm³/mol. The van der Waals surface area contributed by atoms with Crippen LogP contribution >= 0.6 is 11.6 Å². The number of rotatable bonds is 11. The van der Waals surface area contributed by atoms with Crippen molar-refractivity contribution in [3.8, 4) is 0 Å². The number of likely N-dealkylation sites (N-methyl/N-ethyl adjacent to an activating group) is 2. The van der Waals surface area contributed by atoms with Crippen LogP contribution in [0.4, 0.5) is 5.69 Å². The summed E-state index contributed by atoms with van der Waals surface area (Å²) in [7, 11) is 0.233. The lowest BCUT2D eigenvalue weighted by Crippen LogP contribution is -2.36. The van der Waals surface area contributed by atoms with Gasteiger partial charge in [-0.05, 0) is 52.6 Å². The Morgan fingerprint density at radius 3 is 2.06 bits per heavy atom. The van der Waals surface area contributed by atoms with Crippen molar-refractivity contribution in [1.29, 1.82) is 0 Å². The summed E-state index contributed by atoms with van der Waals surface area (Å²) in [5, 5.41) is -0.00126. The molecule has 2 aromatic rings. The zero-order valence-electron chi connectivity index (χ0n) is 19.6. The van der Waals surface area contributed by atoms with Gasteiger partial charge in [-0.1, -0.05) is 41.9 Å². The van der Waals surface area contributed by atoms with Gasteiger partial charge in [0.05, 0.1) is 26.9 Å². The van der Waals surface area contributed by atoms with Crippen LogP contribution in [0, 0.1) is 0 Å². The van der Waals surface area contributed by atoms with Gasteiger partial charge in [0.1, 0.15) is 0 Å². The molecule has 0 unspecified atom stereocenters. The molecule has 0 heterocycles. The van der Waals surface area contributed by atoms with E-state index < -0.39 is 9.84 Å². The normalized spacial score (nSPS) is 11.6. The summed E-state index contributed by atoms with van der Waals surface area (Å²) >= 11 is 6.72. The molecule has 32 heavy (non-hydrogen) atoms. The van der Waals surface area contributed by atoms with Crippen molar-refractivity contribution >= 4 is 33.0 Å². The second kappa shape index (κ2) is 11.7. The molecule has 0 N–H and O–H groups in total. The zero-order chi connectivity index (χ0) is 23.9. The van der Waals surface area contributed by atoms with Crippen molar-refractivity contribution in [3.63, 3.8) is 0 Å². The van der Waals surface area contributed by atoms with E-state index in [0.717, 1.165) is 6.54 Å². The lowest BCUT2D eigenvalue weighted by molar-refractivity contribution is 0.0773. The number of carbonyl (C=O) groups excluding carboxylic acids is 1. The van der Waals surface area contributed by atoms with Crippen molar-refractivity contribution in [2.75, 3.05) is 51.7 Å². The quantitative estimate of drug-likeness (QED) is 0.483. The molecule has 0 fully saturated rings. The fourth-order valence-corrected chi connectivity index (χ4v) is 5.59. The van der Waals surface area contributed by atoms with Crippen molar-refractivity contribution in [3.05, 3.63) is 58.6 Å². The summed E-state index contributed by atoms with van der Waals surface area (Å²) in [4.78, 5) is 19.2. The Morgan fingerprint density at radius 1 is 0.906 bits per heavy atom. The minimum atomic E-state index is -3.74. The van der Waals surface area contributed by atoms with E-state index in [0.29, 0.717) is 37.4 Å². The molecule has 0 spiro atoms. The van der Waals surface area contributed by atoms with Crippen molar-refractivity contribution in [2.24, 2.45) is 0 Å². The van der Waals surface area contributed by atoms with Crippen LogP contribution in [-0.4, -0.2) is 70.9 Å². The van der Waals surface area contributed by atoms with E-state index in [1.165, 1.54) is 6.07 Å². The first-order valence-corrected chi connectivity index (χ1v) is 13.0. The highest BCUT2D eigenvalue weighted by molar-refractivity contribution is 7.90. The standard InChI is InChI=1S/C24H34ClN3O3S/c1-6-27(7-2)24(29)22-20(28(8-3)17-16-26(4)5)14-15-21(23(22)25)32(30,31)18-19-12-10-9-11-13-19/h9-15H,6-8,16-18H2,1-5H3. The number of hydrogen-bond donors (Lipinski definition) is 0. The molecular weight excluding hydrogens is 446 g/mol. The fraction of sp³-hybridized carbons (Fsp3) is 0.458. The Kier molecular flexibility index (Phi) is 9.55. The van der Waals surface area contributed by atoms with E-state index >= 15 is 0 Å². The van der Waals surface area contributed by atoms with Crippen LogP contribution in [0.3, 0.4) is 0 Å². The monoisotopic (exact) mass is 479 g/mol. The van der Waals surface area contributed by atoms with E-state index in [4.69, 9.17) is 11.6 Å². The van der Waals surface area contributed by atoms with E-state index in [2.05, 4.69) is 9.80 Å². The second-order valence-electron chi connectivity index (χ2n) is 7.88. The van der Waals surface area contributed by atoms with E-state index in [1.807, 2.05) is 40.9 Å². The number of carbonyl (C=O) groups is 1. The van der Waals surface area contributed by atoms with Gasteiger partial charge in [-0.15, -0.1) is 0 Å². The largest absolute Gasteiger partial charge is 0.370 e. The molecule has 1 amide bonds. The van der Waals surface area contributed by atoms with Crippen molar-refractivity contribution < 1.29 is 13.2 Å². The smallest absolute Gasteiger partial charge is 0.257 e. The van der Waals surface area contributed by atoms with Gasteiger partial charge in [0, 0.05) is 32.7 Å². The zero-order valence-corrected chi connectivity index (χ0v) is 21.2. The number of hydrogen-bond acceptors (Lipinski definition) is 5. The molecule has 176 valence electrons. The highest BCUT2D eigenvalue weighted by Crippen LogP contribution is 2.35. The third-order valence-corrected chi connectivity index (χ3v) is 7.65. The minimum Gasteiger partial charge on any atom is -0.370 e. The third kappa shape index (κ3) is 6.24. The molecule has 0 aliphatic rings. The van der Waals surface area contributed by atoms with Crippen LogP contribution in [0.1, 0.15) is 36.7 Å². The van der Waals surface area contributed by atoms with Gasteiger partial charge in [-0.2, -0.15) is 0 Å². The van der Waals surface area contributed by atoms with Gasteiger partial charge in [-0.25, -0.2) is 8.42 Å². The third-order valence-electron chi connectivity index (χ3n) is 5.42. The van der Waals surface area contributed by atoms with Gasteiger partial charge in [0.2, 0.25) is 0 Å². The Hall–Kier alpha value is -2.09. The summed E-state index contributed by atoms with van der Waals surface area (Å²) in [5.74, 6) is -0.431. The molecule has 0 atom stereocenters. The van der Waals surface area contributed by atoms with Crippen LogP contribution in [0.2, 0.25) is 5.02 Å². The first-order chi connectivity index (χ1) is 15.2. The lowest BCUT2D eigenvalue weighted by Gasteiger charge is -2.29. The van der Waals surface area contributed by atoms with Crippen LogP contribution in [0.15, 0.2) is 47.4 Å². The van der Waals surface area contributed by atoms with Gasteiger partial charge in [0.15, 0.2) is 9.84 Å². The molecule has 0 aliphatic heterocycles. The van der Waals surface area contributed by atoms with Gasteiger partial charge >= 0.3 is 0 Å². The first kappa shape index (κ1) is 26.2. The molecule has 8 heteroatoms. The summed E-state index contributed by atoms with van der Waals surface area (Å²) < 4.78 is 26.5. The Labute approximate surface area is 197 Å². The maximum Gasteiger partial charge on any atom is 0.257 e. The summed E-state index contributed by atoms with van der Waals surface area (Å²) in [5.41, 5.74) is 1.59. The molecule has 6 nitrogen and oxygen atoms in total. The predicted octanol–water partition coefficient (Wildman–Crippen LogP) is 4.18. The van der Waals surface area contributed by atoms with Crippen LogP contribution < -0.4 is 4.90 Å². The first-order valence-electron chi connectivity index (χ1n) is 10.9. The summed E-state index contributed by atoms with van der Waals surface area (Å²) in [6.45, 7) is 8.97. The molecule has 0 saturated heterocycles. The van der Waals surface area contributed by atoms with Crippen molar-refractivity contribution in [1.82, 2.24) is 9.80 Å². The fourth-order valence-electron chi connectivity index (χ4n) is 3.56. The highest BCUT2D eigenvalue weighted by Gasteiger charge is 2.29. The Balaban J connectivity index is 2.62. The summed E-state index contributed by atoms with van der Waals surface area (Å²) in [6.07, 6.45) is 0. The minimum absolute atomic E-state index is 0.00126. The van der Waals surface area contributed by atoms with Crippen LogP contribution in [0.25, 0.3) is 0 Å². The van der Waals surface area contributed by atoms with E-state index in [-0.39, 0.29) is 27.1 Å². The van der Waals surface area contributed by atoms with Crippen LogP contribution in [0.5, 0.6) is 0 Å². The topological polar surface area (TPSA) is 60.9 Å². The molecule has 0 aromatic heterocycles. The van der Waals surface area contributed by atoms with Gasteiger partial charge < -0.3 is 14.7 Å². The number of sulfone groups is 1. The number of benzene rings is 2. The lowest BCUT2D eigenvalue weighted by atomic mass is 10.1. The SMILES string of the molecule is CCN(CC)C(=O)c1c(N(CC)CCN(C)C)ccc(S(=O)(=O)Cc2ccccc2)c1Cl. The molecule has 0 radical (unpaired) electrons. The Bertz CT molecular complexity index is 1010. The Morgan fingerprint density at radius 2 is 1.53 bits per heavy atom. The van der Waals surface area contributed by atoms with Crippen LogP contribution in [-0.2, 0) is 15.6 Å². The summed E-state index contributed by atoms with van der Waals surface area (Å²) in [6, 6.07) is 12.2. The average molecular weight is 480 g/mol. The number of amides is 1. The van der Waals surface area contributed by atoms with Gasteiger partial charge in [0.25, 0.3) is 5.91 Å². The molecule has 2 aromatic carbocycles. The number of halogens is 1. The van der Waals surface area contributed by atoms with E-state index in [9.17, 15) is 13.2 Å². The molecule has 0 aliphatic carbocycles. The van der Waals surface area contributed by atoms with Crippen molar-refractivity contribution in [2.45, 2.75) is 31.4 Å².